The second-order valence-corrected chi connectivity index (χ2v) is 4.33. The summed E-state index contributed by atoms with van der Waals surface area (Å²) in [5.74, 6) is 1.37. The van der Waals surface area contributed by atoms with Crippen LogP contribution in [0.15, 0.2) is 18.2 Å². The van der Waals surface area contributed by atoms with Crippen molar-refractivity contribution >= 4 is 17.9 Å². The van der Waals surface area contributed by atoms with Crippen LogP contribution in [0.3, 0.4) is 0 Å². The SMILES string of the molecule is COc1ccc(-c2nc(C)n(C)c2C=O)cc1Cl. The fourth-order valence-corrected chi connectivity index (χ4v) is 2.05. The maximum Gasteiger partial charge on any atom is 0.168 e. The van der Waals surface area contributed by atoms with Gasteiger partial charge < -0.3 is 9.30 Å². The van der Waals surface area contributed by atoms with Crippen LogP contribution in [0.25, 0.3) is 11.3 Å². The van der Waals surface area contributed by atoms with E-state index in [0.29, 0.717) is 22.2 Å². The lowest BCUT2D eigenvalue weighted by molar-refractivity contribution is 0.111. The average Bonchev–Trinajstić information content (AvgIpc) is 2.65. The predicted molar refractivity (Wildman–Crippen MR) is 70.3 cm³/mol. The Morgan fingerprint density at radius 1 is 1.44 bits per heavy atom. The van der Waals surface area contributed by atoms with E-state index in [0.717, 1.165) is 17.7 Å². The molecule has 5 heteroatoms. The molecule has 94 valence electrons. The number of aryl methyl sites for hydroxylation is 1. The molecule has 2 aromatic rings. The molecule has 0 saturated heterocycles. The summed E-state index contributed by atoms with van der Waals surface area (Å²) in [6.07, 6.45) is 0.799. The van der Waals surface area contributed by atoms with Crippen LogP contribution in [-0.4, -0.2) is 22.9 Å². The van der Waals surface area contributed by atoms with Crippen molar-refractivity contribution in [1.82, 2.24) is 9.55 Å². The van der Waals surface area contributed by atoms with Crippen molar-refractivity contribution in [3.8, 4) is 17.0 Å². The molecule has 0 fully saturated rings. The Morgan fingerprint density at radius 2 is 2.17 bits per heavy atom. The van der Waals surface area contributed by atoms with Gasteiger partial charge in [-0.15, -0.1) is 0 Å². The van der Waals surface area contributed by atoms with Crippen molar-refractivity contribution in [3.63, 3.8) is 0 Å². The highest BCUT2D eigenvalue weighted by Gasteiger charge is 2.14. The molecule has 0 amide bonds. The average molecular weight is 265 g/mol. The van der Waals surface area contributed by atoms with Gasteiger partial charge >= 0.3 is 0 Å². The Balaban J connectivity index is 2.58. The number of benzene rings is 1. The monoisotopic (exact) mass is 264 g/mol. The fourth-order valence-electron chi connectivity index (χ4n) is 1.79. The number of hydrogen-bond donors (Lipinski definition) is 0. The van der Waals surface area contributed by atoms with Gasteiger partial charge in [0.15, 0.2) is 6.29 Å². The van der Waals surface area contributed by atoms with Crippen LogP contribution in [0.2, 0.25) is 5.02 Å². The minimum absolute atomic E-state index is 0.496. The number of methoxy groups -OCH3 is 1. The first-order chi connectivity index (χ1) is 8.58. The van der Waals surface area contributed by atoms with Gasteiger partial charge in [0.25, 0.3) is 0 Å². The molecular formula is C13H13ClN2O2. The number of halogens is 1. The standard InChI is InChI=1S/C13H13ClN2O2/c1-8-15-13(11(7-17)16(8)2)9-4-5-12(18-3)10(14)6-9/h4-7H,1-3H3. The number of carbonyl (C=O) groups is 1. The van der Waals surface area contributed by atoms with Crippen LogP contribution in [0, 0.1) is 6.92 Å². The van der Waals surface area contributed by atoms with Crippen molar-refractivity contribution in [2.45, 2.75) is 6.92 Å². The topological polar surface area (TPSA) is 44.1 Å². The second kappa shape index (κ2) is 4.82. The number of nitrogens with zero attached hydrogens (tertiary/aromatic N) is 2. The molecule has 0 bridgehead atoms. The van der Waals surface area contributed by atoms with Crippen LogP contribution in [0.1, 0.15) is 16.3 Å². The molecule has 0 aliphatic rings. The largest absolute Gasteiger partial charge is 0.495 e. The number of carbonyl (C=O) groups excluding carboxylic acids is 1. The number of aldehydes is 1. The van der Waals surface area contributed by atoms with Crippen LogP contribution >= 0.6 is 11.6 Å². The lowest BCUT2D eigenvalue weighted by atomic mass is 10.1. The third kappa shape index (κ3) is 1.99. The molecule has 1 aromatic carbocycles. The van der Waals surface area contributed by atoms with E-state index in [-0.39, 0.29) is 0 Å². The summed E-state index contributed by atoms with van der Waals surface area (Å²) in [4.78, 5) is 15.5. The third-order valence-corrected chi connectivity index (χ3v) is 3.20. The molecule has 0 atom stereocenters. The van der Waals surface area contributed by atoms with Crippen molar-refractivity contribution in [3.05, 3.63) is 34.7 Å². The highest BCUT2D eigenvalue weighted by Crippen LogP contribution is 2.31. The van der Waals surface area contributed by atoms with Gasteiger partial charge in [-0.1, -0.05) is 11.6 Å². The number of rotatable bonds is 3. The number of ether oxygens (including phenoxy) is 1. The summed E-state index contributed by atoms with van der Waals surface area (Å²) >= 11 is 6.07. The van der Waals surface area contributed by atoms with Gasteiger partial charge in [0.2, 0.25) is 0 Å². The van der Waals surface area contributed by atoms with Gasteiger partial charge in [-0.3, -0.25) is 4.79 Å². The van der Waals surface area contributed by atoms with Gasteiger partial charge in [0, 0.05) is 12.6 Å². The molecule has 4 nitrogen and oxygen atoms in total. The smallest absolute Gasteiger partial charge is 0.168 e. The molecule has 1 heterocycles. The highest BCUT2D eigenvalue weighted by atomic mass is 35.5. The molecule has 18 heavy (non-hydrogen) atoms. The molecular weight excluding hydrogens is 252 g/mol. The minimum atomic E-state index is 0.496. The van der Waals surface area contributed by atoms with Crippen molar-refractivity contribution in [2.24, 2.45) is 7.05 Å². The molecule has 0 unspecified atom stereocenters. The number of imidazole rings is 1. The minimum Gasteiger partial charge on any atom is -0.495 e. The molecule has 0 spiro atoms. The van der Waals surface area contributed by atoms with Gasteiger partial charge in [0.1, 0.15) is 17.3 Å². The molecule has 1 aromatic heterocycles. The fraction of sp³-hybridized carbons (Fsp3) is 0.231. The first-order valence-electron chi connectivity index (χ1n) is 5.41. The first kappa shape index (κ1) is 12.6. The summed E-state index contributed by atoms with van der Waals surface area (Å²) < 4.78 is 6.84. The maximum absolute atomic E-state index is 11.1. The Bertz CT molecular complexity index is 605. The summed E-state index contributed by atoms with van der Waals surface area (Å²) in [6.45, 7) is 1.85. The number of aromatic nitrogens is 2. The summed E-state index contributed by atoms with van der Waals surface area (Å²) in [6, 6.07) is 5.34. The van der Waals surface area contributed by atoms with E-state index in [4.69, 9.17) is 16.3 Å². The molecule has 0 N–H and O–H groups in total. The summed E-state index contributed by atoms with van der Waals surface area (Å²) in [5.41, 5.74) is 1.97. The van der Waals surface area contributed by atoms with Gasteiger partial charge in [-0.05, 0) is 25.1 Å². The second-order valence-electron chi connectivity index (χ2n) is 3.92. The first-order valence-corrected chi connectivity index (χ1v) is 5.78. The maximum atomic E-state index is 11.1. The van der Waals surface area contributed by atoms with Crippen molar-refractivity contribution in [2.75, 3.05) is 7.11 Å². The zero-order chi connectivity index (χ0) is 13.3. The zero-order valence-corrected chi connectivity index (χ0v) is 11.2. The molecule has 2 rings (SSSR count). The summed E-state index contributed by atoms with van der Waals surface area (Å²) in [5, 5.41) is 0.496. The van der Waals surface area contributed by atoms with Crippen LogP contribution in [0.5, 0.6) is 5.75 Å². The van der Waals surface area contributed by atoms with Crippen molar-refractivity contribution in [1.29, 1.82) is 0 Å². The van der Waals surface area contributed by atoms with E-state index in [9.17, 15) is 4.79 Å². The van der Waals surface area contributed by atoms with E-state index < -0.39 is 0 Å². The quantitative estimate of drug-likeness (QED) is 0.801. The molecule has 0 radical (unpaired) electrons. The highest BCUT2D eigenvalue weighted by molar-refractivity contribution is 6.32. The van der Waals surface area contributed by atoms with Crippen LogP contribution < -0.4 is 4.74 Å². The van der Waals surface area contributed by atoms with E-state index in [1.807, 2.05) is 13.0 Å². The van der Waals surface area contributed by atoms with E-state index in [1.54, 1.807) is 30.9 Å². The molecule has 0 saturated carbocycles. The van der Waals surface area contributed by atoms with E-state index in [2.05, 4.69) is 4.98 Å². The molecule has 0 aliphatic heterocycles. The van der Waals surface area contributed by atoms with Gasteiger partial charge in [-0.2, -0.15) is 0 Å². The van der Waals surface area contributed by atoms with Crippen LogP contribution in [-0.2, 0) is 7.05 Å². The van der Waals surface area contributed by atoms with E-state index in [1.165, 1.54) is 0 Å². The Hall–Kier alpha value is -1.81. The Kier molecular flexibility index (Phi) is 3.39. The van der Waals surface area contributed by atoms with Crippen molar-refractivity contribution < 1.29 is 9.53 Å². The third-order valence-electron chi connectivity index (χ3n) is 2.90. The summed E-state index contributed by atoms with van der Waals surface area (Å²) in [7, 11) is 3.36. The van der Waals surface area contributed by atoms with Gasteiger partial charge in [0.05, 0.1) is 17.8 Å². The lowest BCUT2D eigenvalue weighted by Gasteiger charge is -2.05. The number of hydrogen-bond acceptors (Lipinski definition) is 3. The predicted octanol–water partition coefficient (Wildman–Crippen LogP) is 2.87. The van der Waals surface area contributed by atoms with E-state index >= 15 is 0 Å². The Morgan fingerprint density at radius 3 is 2.72 bits per heavy atom. The molecule has 0 aliphatic carbocycles. The normalized spacial score (nSPS) is 10.4. The Labute approximate surface area is 110 Å². The zero-order valence-electron chi connectivity index (χ0n) is 10.4. The van der Waals surface area contributed by atoms with Crippen LogP contribution in [0.4, 0.5) is 0 Å². The lowest BCUT2D eigenvalue weighted by Crippen LogP contribution is -1.97. The van der Waals surface area contributed by atoms with Gasteiger partial charge in [-0.25, -0.2) is 4.98 Å².